The van der Waals surface area contributed by atoms with Crippen LogP contribution in [-0.4, -0.2) is 18.5 Å². The maximum absolute atomic E-state index is 6.09. The zero-order valence-electron chi connectivity index (χ0n) is 20.0. The maximum Gasteiger partial charge on any atom is 0.198 e. The van der Waals surface area contributed by atoms with Crippen LogP contribution in [0.25, 0.3) is 5.57 Å². The van der Waals surface area contributed by atoms with Crippen LogP contribution in [0.2, 0.25) is 0 Å². The summed E-state index contributed by atoms with van der Waals surface area (Å²) >= 11 is 0. The molecule has 2 unspecified atom stereocenters. The van der Waals surface area contributed by atoms with Crippen LogP contribution in [0, 0.1) is 0 Å². The third kappa shape index (κ3) is 7.73. The fourth-order valence-corrected chi connectivity index (χ4v) is 4.91. The van der Waals surface area contributed by atoms with E-state index in [0.29, 0.717) is 6.61 Å². The van der Waals surface area contributed by atoms with E-state index in [4.69, 9.17) is 14.5 Å². The molecule has 1 aliphatic carbocycles. The molecule has 0 aromatic heterocycles. The number of rotatable bonds is 12. The van der Waals surface area contributed by atoms with Gasteiger partial charge in [0.25, 0.3) is 0 Å². The normalized spacial score (nSPS) is 24.9. The molecule has 1 heterocycles. The van der Waals surface area contributed by atoms with E-state index in [1.807, 2.05) is 6.92 Å². The smallest absolute Gasteiger partial charge is 0.198 e. The molecule has 0 bridgehead atoms. The van der Waals surface area contributed by atoms with Gasteiger partial charge < -0.3 is 4.74 Å². The van der Waals surface area contributed by atoms with Gasteiger partial charge >= 0.3 is 0 Å². The zero-order chi connectivity index (χ0) is 21.9. The van der Waals surface area contributed by atoms with Gasteiger partial charge in [0.2, 0.25) is 0 Å². The van der Waals surface area contributed by atoms with Crippen LogP contribution in [-0.2, 0) is 14.5 Å². The Morgan fingerprint density at radius 3 is 2.19 bits per heavy atom. The van der Waals surface area contributed by atoms with Crippen molar-refractivity contribution in [1.29, 1.82) is 0 Å². The van der Waals surface area contributed by atoms with Crippen LogP contribution in [0.5, 0.6) is 0 Å². The Hall–Kier alpha value is -1.16. The molecule has 3 nitrogen and oxygen atoms in total. The summed E-state index contributed by atoms with van der Waals surface area (Å²) in [5.74, 6) is 0.0924. The molecule has 2 atom stereocenters. The highest BCUT2D eigenvalue weighted by molar-refractivity contribution is 5.67. The minimum atomic E-state index is -0.635. The summed E-state index contributed by atoms with van der Waals surface area (Å²) in [6.07, 6.45) is 17.8. The van der Waals surface area contributed by atoms with Crippen molar-refractivity contribution in [2.45, 2.75) is 122 Å². The SMILES string of the molecule is C=C(c1ccc(C2CCCCC2)cc1)C1COC(C)(CCCCCCCCCC)OO1. The van der Waals surface area contributed by atoms with Crippen molar-refractivity contribution in [3.05, 3.63) is 42.0 Å². The fourth-order valence-electron chi connectivity index (χ4n) is 4.91. The summed E-state index contributed by atoms with van der Waals surface area (Å²) in [4.78, 5) is 11.5. The van der Waals surface area contributed by atoms with Crippen molar-refractivity contribution in [2.24, 2.45) is 0 Å². The molecule has 1 saturated carbocycles. The second kappa shape index (κ2) is 12.8. The van der Waals surface area contributed by atoms with E-state index in [2.05, 4.69) is 37.8 Å². The molecule has 1 aromatic carbocycles. The predicted molar refractivity (Wildman–Crippen MR) is 129 cm³/mol. The highest BCUT2D eigenvalue weighted by Crippen LogP contribution is 2.34. The Balaban J connectivity index is 1.37. The lowest BCUT2D eigenvalue weighted by Crippen LogP contribution is -2.43. The molecular formula is C28H44O3. The number of ether oxygens (including phenoxy) is 1. The average Bonchev–Trinajstić information content (AvgIpc) is 2.81. The predicted octanol–water partition coefficient (Wildman–Crippen LogP) is 8.34. The first-order valence-electron chi connectivity index (χ1n) is 12.9. The molecule has 3 rings (SSSR count). The highest BCUT2D eigenvalue weighted by Gasteiger charge is 2.35. The highest BCUT2D eigenvalue weighted by atomic mass is 17.2. The first-order valence-corrected chi connectivity index (χ1v) is 12.9. The van der Waals surface area contributed by atoms with Crippen LogP contribution < -0.4 is 0 Å². The topological polar surface area (TPSA) is 27.7 Å². The molecule has 3 heteroatoms. The number of unbranched alkanes of at least 4 members (excludes halogenated alkanes) is 7. The first-order chi connectivity index (χ1) is 15.1. The number of hydrogen-bond donors (Lipinski definition) is 0. The van der Waals surface area contributed by atoms with Gasteiger partial charge in [-0.15, -0.1) is 0 Å². The lowest BCUT2D eigenvalue weighted by atomic mass is 9.83. The van der Waals surface area contributed by atoms with E-state index in [0.717, 1.165) is 29.9 Å². The van der Waals surface area contributed by atoms with Gasteiger partial charge in [-0.1, -0.05) is 102 Å². The monoisotopic (exact) mass is 428 g/mol. The van der Waals surface area contributed by atoms with Gasteiger partial charge in [0.05, 0.1) is 6.61 Å². The molecule has 31 heavy (non-hydrogen) atoms. The van der Waals surface area contributed by atoms with E-state index in [-0.39, 0.29) is 6.10 Å². The summed E-state index contributed by atoms with van der Waals surface area (Å²) in [6.45, 7) is 9.02. The van der Waals surface area contributed by atoms with Crippen molar-refractivity contribution in [3.8, 4) is 0 Å². The van der Waals surface area contributed by atoms with Gasteiger partial charge in [0.15, 0.2) is 5.79 Å². The fraction of sp³-hybridized carbons (Fsp3) is 0.714. The third-order valence-corrected chi connectivity index (χ3v) is 7.11. The van der Waals surface area contributed by atoms with Crippen LogP contribution in [0.15, 0.2) is 30.8 Å². The summed E-state index contributed by atoms with van der Waals surface area (Å²) in [6, 6.07) is 8.91. The molecule has 1 aromatic rings. The quantitative estimate of drug-likeness (QED) is 0.247. The Morgan fingerprint density at radius 1 is 0.935 bits per heavy atom. The van der Waals surface area contributed by atoms with Crippen LogP contribution in [0.3, 0.4) is 0 Å². The van der Waals surface area contributed by atoms with Crippen molar-refractivity contribution in [1.82, 2.24) is 0 Å². The lowest BCUT2D eigenvalue weighted by Gasteiger charge is -2.36. The molecule has 0 N–H and O–H groups in total. The first kappa shape index (κ1) is 24.5. The molecule has 1 saturated heterocycles. The van der Waals surface area contributed by atoms with Crippen molar-refractivity contribution < 1.29 is 14.5 Å². The summed E-state index contributed by atoms with van der Waals surface area (Å²) in [5.41, 5.74) is 3.51. The van der Waals surface area contributed by atoms with Crippen LogP contribution in [0.1, 0.15) is 121 Å². The standard InChI is InChI=1S/C28H44O3/c1-4-5-6-7-8-9-10-14-21-28(3)29-22-27(30-31-28)23(2)24-17-19-26(20-18-24)25-15-12-11-13-16-25/h17-20,25,27H,2,4-16,21-22H2,1,3H3. The van der Waals surface area contributed by atoms with Crippen LogP contribution >= 0.6 is 0 Å². The Kier molecular flexibility index (Phi) is 10.1. The van der Waals surface area contributed by atoms with E-state index in [9.17, 15) is 0 Å². The largest absolute Gasteiger partial charge is 0.344 e. The second-order valence-corrected chi connectivity index (χ2v) is 9.82. The minimum absolute atomic E-state index is 0.243. The van der Waals surface area contributed by atoms with Gasteiger partial charge in [0.1, 0.15) is 6.10 Å². The van der Waals surface area contributed by atoms with Gasteiger partial charge in [0, 0.05) is 6.42 Å². The molecule has 0 radical (unpaired) electrons. The van der Waals surface area contributed by atoms with Gasteiger partial charge in [-0.3, -0.25) is 0 Å². The molecule has 1 aliphatic heterocycles. The van der Waals surface area contributed by atoms with E-state index < -0.39 is 5.79 Å². The Labute approximate surface area is 190 Å². The number of hydrogen-bond acceptors (Lipinski definition) is 3. The summed E-state index contributed by atoms with van der Waals surface area (Å²) < 4.78 is 6.09. The molecule has 0 amide bonds. The van der Waals surface area contributed by atoms with Gasteiger partial charge in [-0.25, -0.2) is 9.78 Å². The van der Waals surface area contributed by atoms with E-state index >= 15 is 0 Å². The molecule has 174 valence electrons. The summed E-state index contributed by atoms with van der Waals surface area (Å²) in [5, 5.41) is 0. The zero-order valence-corrected chi connectivity index (χ0v) is 20.0. The van der Waals surface area contributed by atoms with Crippen molar-refractivity contribution in [3.63, 3.8) is 0 Å². The van der Waals surface area contributed by atoms with Crippen molar-refractivity contribution in [2.75, 3.05) is 6.61 Å². The number of benzene rings is 1. The molecule has 2 aliphatic rings. The maximum atomic E-state index is 6.09. The molecule has 2 fully saturated rings. The Bertz CT molecular complexity index is 637. The second-order valence-electron chi connectivity index (χ2n) is 9.82. The van der Waals surface area contributed by atoms with Gasteiger partial charge in [-0.05, 0) is 48.8 Å². The molecule has 0 spiro atoms. The van der Waals surface area contributed by atoms with E-state index in [1.54, 1.807) is 0 Å². The van der Waals surface area contributed by atoms with Crippen molar-refractivity contribution >= 4 is 5.57 Å². The average molecular weight is 429 g/mol. The van der Waals surface area contributed by atoms with E-state index in [1.165, 1.54) is 82.6 Å². The lowest BCUT2D eigenvalue weighted by molar-refractivity contribution is -0.474. The Morgan fingerprint density at radius 2 is 1.58 bits per heavy atom. The van der Waals surface area contributed by atoms with Crippen LogP contribution in [0.4, 0.5) is 0 Å². The van der Waals surface area contributed by atoms with Gasteiger partial charge in [-0.2, -0.15) is 0 Å². The summed E-state index contributed by atoms with van der Waals surface area (Å²) in [7, 11) is 0. The minimum Gasteiger partial charge on any atom is -0.344 e. The molecular weight excluding hydrogens is 384 g/mol. The third-order valence-electron chi connectivity index (χ3n) is 7.11.